The summed E-state index contributed by atoms with van der Waals surface area (Å²) in [4.78, 5) is 17.7. The first kappa shape index (κ1) is 15.8. The van der Waals surface area contributed by atoms with Gasteiger partial charge in [-0.2, -0.15) is 0 Å². The minimum atomic E-state index is -0.366. The summed E-state index contributed by atoms with van der Waals surface area (Å²) in [6.45, 7) is 2.19. The number of amides is 1. The standard InChI is InChI=1S/C17H20N2O3/c1-13(10-15-8-9-16(20)11-18-15)19(2)17(21)22-12-14-6-4-3-5-7-14/h3-9,11,13,20H,10,12H2,1-2H3. The molecule has 116 valence electrons. The van der Waals surface area contributed by atoms with Crippen molar-refractivity contribution in [3.05, 3.63) is 59.9 Å². The molecule has 5 nitrogen and oxygen atoms in total. The third-order valence-electron chi connectivity index (χ3n) is 3.47. The van der Waals surface area contributed by atoms with E-state index in [2.05, 4.69) is 4.98 Å². The Labute approximate surface area is 130 Å². The maximum Gasteiger partial charge on any atom is 0.410 e. The Balaban J connectivity index is 1.85. The number of pyridine rings is 1. The minimum Gasteiger partial charge on any atom is -0.506 e. The number of carbonyl (C=O) groups excluding carboxylic acids is 1. The summed E-state index contributed by atoms with van der Waals surface area (Å²) in [6.07, 6.45) is 1.63. The highest BCUT2D eigenvalue weighted by Crippen LogP contribution is 2.11. The zero-order valence-corrected chi connectivity index (χ0v) is 12.8. The molecule has 1 amide bonds. The van der Waals surface area contributed by atoms with E-state index in [1.807, 2.05) is 37.3 Å². The van der Waals surface area contributed by atoms with E-state index in [0.29, 0.717) is 6.42 Å². The number of hydrogen-bond donors (Lipinski definition) is 1. The summed E-state index contributed by atoms with van der Waals surface area (Å²) < 4.78 is 5.29. The second kappa shape index (κ2) is 7.45. The van der Waals surface area contributed by atoms with Crippen molar-refractivity contribution < 1.29 is 14.6 Å². The zero-order chi connectivity index (χ0) is 15.9. The monoisotopic (exact) mass is 300 g/mol. The van der Waals surface area contributed by atoms with Gasteiger partial charge in [0, 0.05) is 25.2 Å². The molecular weight excluding hydrogens is 280 g/mol. The van der Waals surface area contributed by atoms with Crippen LogP contribution in [0.5, 0.6) is 5.75 Å². The lowest BCUT2D eigenvalue weighted by Gasteiger charge is -2.24. The predicted octanol–water partition coefficient (Wildman–Crippen LogP) is 2.99. The van der Waals surface area contributed by atoms with Gasteiger partial charge in [-0.1, -0.05) is 30.3 Å². The van der Waals surface area contributed by atoms with Crippen molar-refractivity contribution in [1.82, 2.24) is 9.88 Å². The fraction of sp³-hybridized carbons (Fsp3) is 0.294. The van der Waals surface area contributed by atoms with E-state index in [1.165, 1.54) is 6.20 Å². The van der Waals surface area contributed by atoms with Gasteiger partial charge in [0.2, 0.25) is 0 Å². The van der Waals surface area contributed by atoms with E-state index in [9.17, 15) is 9.90 Å². The lowest BCUT2D eigenvalue weighted by Crippen LogP contribution is -2.36. The van der Waals surface area contributed by atoms with Crippen molar-refractivity contribution in [2.75, 3.05) is 7.05 Å². The van der Waals surface area contributed by atoms with Crippen LogP contribution in [0, 0.1) is 0 Å². The molecule has 0 saturated heterocycles. The lowest BCUT2D eigenvalue weighted by molar-refractivity contribution is 0.0934. The van der Waals surface area contributed by atoms with Crippen LogP contribution in [0.3, 0.4) is 0 Å². The number of nitrogens with zero attached hydrogens (tertiary/aromatic N) is 2. The number of carbonyl (C=O) groups is 1. The smallest absolute Gasteiger partial charge is 0.410 e. The van der Waals surface area contributed by atoms with Crippen LogP contribution in [0.25, 0.3) is 0 Å². The quantitative estimate of drug-likeness (QED) is 0.922. The third kappa shape index (κ3) is 4.48. The summed E-state index contributed by atoms with van der Waals surface area (Å²) in [5.41, 5.74) is 1.77. The SMILES string of the molecule is CC(Cc1ccc(O)cn1)N(C)C(=O)OCc1ccccc1. The van der Waals surface area contributed by atoms with Crippen LogP contribution in [0.1, 0.15) is 18.2 Å². The topological polar surface area (TPSA) is 62.7 Å². The lowest BCUT2D eigenvalue weighted by atomic mass is 10.1. The molecule has 0 aliphatic carbocycles. The molecule has 0 saturated carbocycles. The average molecular weight is 300 g/mol. The van der Waals surface area contributed by atoms with Crippen LogP contribution in [-0.4, -0.2) is 34.2 Å². The summed E-state index contributed by atoms with van der Waals surface area (Å²) in [5.74, 6) is 0.132. The molecule has 1 unspecified atom stereocenters. The van der Waals surface area contributed by atoms with Crippen LogP contribution in [0.4, 0.5) is 4.79 Å². The molecule has 1 N–H and O–H groups in total. The molecule has 0 spiro atoms. The Bertz CT molecular complexity index is 599. The van der Waals surface area contributed by atoms with Gasteiger partial charge in [0.05, 0.1) is 6.20 Å². The normalized spacial score (nSPS) is 11.7. The summed E-state index contributed by atoms with van der Waals surface area (Å²) in [5, 5.41) is 9.22. The molecule has 0 radical (unpaired) electrons. The Morgan fingerprint density at radius 1 is 1.27 bits per heavy atom. The van der Waals surface area contributed by atoms with Gasteiger partial charge in [-0.3, -0.25) is 4.98 Å². The van der Waals surface area contributed by atoms with Crippen molar-refractivity contribution in [1.29, 1.82) is 0 Å². The van der Waals surface area contributed by atoms with Gasteiger partial charge in [-0.05, 0) is 24.6 Å². The van der Waals surface area contributed by atoms with E-state index in [1.54, 1.807) is 24.1 Å². The fourth-order valence-electron chi connectivity index (χ4n) is 1.98. The number of likely N-dealkylation sites (N-methyl/N-ethyl adjacent to an activating group) is 1. The molecule has 0 bridgehead atoms. The second-order valence-corrected chi connectivity index (χ2v) is 5.21. The molecule has 22 heavy (non-hydrogen) atoms. The van der Waals surface area contributed by atoms with E-state index < -0.39 is 0 Å². The van der Waals surface area contributed by atoms with E-state index in [4.69, 9.17) is 4.74 Å². The van der Waals surface area contributed by atoms with Gasteiger partial charge < -0.3 is 14.7 Å². The molecule has 2 aromatic rings. The molecule has 0 aliphatic rings. The number of rotatable bonds is 5. The van der Waals surface area contributed by atoms with E-state index in [-0.39, 0.29) is 24.5 Å². The van der Waals surface area contributed by atoms with Crippen LogP contribution >= 0.6 is 0 Å². The maximum absolute atomic E-state index is 12.0. The van der Waals surface area contributed by atoms with E-state index >= 15 is 0 Å². The van der Waals surface area contributed by atoms with Gasteiger partial charge in [-0.15, -0.1) is 0 Å². The summed E-state index contributed by atoms with van der Waals surface area (Å²) in [7, 11) is 1.71. The highest BCUT2D eigenvalue weighted by molar-refractivity contribution is 5.67. The largest absolute Gasteiger partial charge is 0.506 e. The van der Waals surface area contributed by atoms with Crippen LogP contribution in [-0.2, 0) is 17.8 Å². The fourth-order valence-corrected chi connectivity index (χ4v) is 1.98. The van der Waals surface area contributed by atoms with Crippen molar-refractivity contribution >= 4 is 6.09 Å². The molecule has 5 heteroatoms. The van der Waals surface area contributed by atoms with Crippen molar-refractivity contribution in [3.8, 4) is 5.75 Å². The first-order chi connectivity index (χ1) is 10.6. The predicted molar refractivity (Wildman–Crippen MR) is 83.5 cm³/mol. The van der Waals surface area contributed by atoms with Crippen LogP contribution in [0.2, 0.25) is 0 Å². The number of aromatic nitrogens is 1. The third-order valence-corrected chi connectivity index (χ3v) is 3.47. The number of hydrogen-bond acceptors (Lipinski definition) is 4. The van der Waals surface area contributed by atoms with Gasteiger partial charge in [0.25, 0.3) is 0 Å². The molecule has 1 aromatic heterocycles. The Kier molecular flexibility index (Phi) is 5.36. The van der Waals surface area contributed by atoms with Gasteiger partial charge in [0.1, 0.15) is 12.4 Å². The first-order valence-electron chi connectivity index (χ1n) is 7.13. The second-order valence-electron chi connectivity index (χ2n) is 5.21. The van der Waals surface area contributed by atoms with Crippen molar-refractivity contribution in [2.45, 2.75) is 26.0 Å². The molecule has 0 fully saturated rings. The van der Waals surface area contributed by atoms with Crippen molar-refractivity contribution in [2.24, 2.45) is 0 Å². The Morgan fingerprint density at radius 3 is 2.64 bits per heavy atom. The first-order valence-corrected chi connectivity index (χ1v) is 7.13. The van der Waals surface area contributed by atoms with Gasteiger partial charge >= 0.3 is 6.09 Å². The van der Waals surface area contributed by atoms with Gasteiger partial charge in [-0.25, -0.2) is 4.79 Å². The summed E-state index contributed by atoms with van der Waals surface area (Å²) in [6, 6.07) is 12.8. The number of ether oxygens (including phenoxy) is 1. The zero-order valence-electron chi connectivity index (χ0n) is 12.8. The van der Waals surface area contributed by atoms with Gasteiger partial charge in [0.15, 0.2) is 0 Å². The highest BCUT2D eigenvalue weighted by atomic mass is 16.6. The minimum absolute atomic E-state index is 0.0553. The number of benzene rings is 1. The van der Waals surface area contributed by atoms with Crippen LogP contribution in [0.15, 0.2) is 48.7 Å². The molecule has 2 rings (SSSR count). The molecular formula is C17H20N2O3. The molecule has 0 aliphatic heterocycles. The maximum atomic E-state index is 12.0. The Hall–Kier alpha value is -2.56. The highest BCUT2D eigenvalue weighted by Gasteiger charge is 2.18. The Morgan fingerprint density at radius 2 is 2.00 bits per heavy atom. The molecule has 1 heterocycles. The molecule has 1 atom stereocenters. The summed E-state index contributed by atoms with van der Waals surface area (Å²) >= 11 is 0. The van der Waals surface area contributed by atoms with Crippen molar-refractivity contribution in [3.63, 3.8) is 0 Å². The molecule has 1 aromatic carbocycles. The van der Waals surface area contributed by atoms with E-state index in [0.717, 1.165) is 11.3 Å². The van der Waals surface area contributed by atoms with Crippen LogP contribution < -0.4 is 0 Å². The number of aromatic hydroxyl groups is 1. The average Bonchev–Trinajstić information content (AvgIpc) is 2.55.